The van der Waals surface area contributed by atoms with Crippen LogP contribution < -0.4 is 0 Å². The number of aliphatic imine (C=N–C) groups is 1. The maximum absolute atomic E-state index is 12.0. The van der Waals surface area contributed by atoms with Gasteiger partial charge in [-0.1, -0.05) is 37.3 Å². The molecule has 3 rings (SSSR count). The molecule has 2 unspecified atom stereocenters. The molecule has 0 saturated heterocycles. The van der Waals surface area contributed by atoms with Gasteiger partial charge in [-0.15, -0.1) is 0 Å². The van der Waals surface area contributed by atoms with Gasteiger partial charge in [0.25, 0.3) is 0 Å². The number of hydrogen-bond donors (Lipinski definition) is 0. The molecule has 0 fully saturated rings. The van der Waals surface area contributed by atoms with Gasteiger partial charge in [-0.2, -0.15) is 0 Å². The number of aromatic nitrogens is 1. The number of pyridine rings is 1. The van der Waals surface area contributed by atoms with Crippen molar-refractivity contribution in [2.24, 2.45) is 4.99 Å². The second-order valence-corrected chi connectivity index (χ2v) is 6.23. The number of hydrogen-bond acceptors (Lipinski definition) is 4. The van der Waals surface area contributed by atoms with Crippen molar-refractivity contribution in [3.63, 3.8) is 0 Å². The van der Waals surface area contributed by atoms with E-state index in [1.165, 1.54) is 5.56 Å². The van der Waals surface area contributed by atoms with Gasteiger partial charge in [-0.05, 0) is 36.1 Å². The maximum atomic E-state index is 12.0. The van der Waals surface area contributed by atoms with Gasteiger partial charge in [0.1, 0.15) is 6.04 Å². The summed E-state index contributed by atoms with van der Waals surface area (Å²) >= 11 is 0. The lowest BCUT2D eigenvalue weighted by molar-refractivity contribution is -0.118. The third-order valence-electron chi connectivity index (χ3n) is 4.37. The average molecular weight is 322 g/mol. The highest BCUT2D eigenvalue weighted by atomic mass is 16.5. The van der Waals surface area contributed by atoms with E-state index in [0.717, 1.165) is 17.5 Å². The van der Waals surface area contributed by atoms with E-state index in [4.69, 9.17) is 4.74 Å². The highest BCUT2D eigenvalue weighted by molar-refractivity contribution is 5.88. The van der Waals surface area contributed by atoms with Crippen LogP contribution in [0.4, 0.5) is 0 Å². The molecular formula is C20H22N2O2. The molecule has 2 atom stereocenters. The first-order valence-electron chi connectivity index (χ1n) is 8.33. The quantitative estimate of drug-likeness (QED) is 0.858. The largest absolute Gasteiger partial charge is 0.480 e. The van der Waals surface area contributed by atoms with Crippen LogP contribution in [0.3, 0.4) is 0 Å². The molecule has 4 heteroatoms. The SMILES string of the molecule is CC(=O)C1N=C(OCC(C)c2ccccc2)CCc2cnccc21. The van der Waals surface area contributed by atoms with Crippen molar-refractivity contribution in [1.82, 2.24) is 4.98 Å². The van der Waals surface area contributed by atoms with Crippen molar-refractivity contribution < 1.29 is 9.53 Å². The molecule has 0 bridgehead atoms. The summed E-state index contributed by atoms with van der Waals surface area (Å²) in [6, 6.07) is 11.7. The number of aryl methyl sites for hydroxylation is 1. The van der Waals surface area contributed by atoms with Crippen molar-refractivity contribution in [2.75, 3.05) is 6.61 Å². The Balaban J connectivity index is 1.74. The van der Waals surface area contributed by atoms with Crippen molar-refractivity contribution in [1.29, 1.82) is 0 Å². The molecule has 0 radical (unpaired) electrons. The minimum absolute atomic E-state index is 0.0292. The summed E-state index contributed by atoms with van der Waals surface area (Å²) in [5, 5.41) is 0. The first kappa shape index (κ1) is 16.4. The van der Waals surface area contributed by atoms with Gasteiger partial charge in [-0.25, -0.2) is 4.99 Å². The number of fused-ring (bicyclic) bond motifs is 1. The minimum Gasteiger partial charge on any atom is -0.480 e. The first-order valence-corrected chi connectivity index (χ1v) is 8.33. The predicted octanol–water partition coefficient (Wildman–Crippen LogP) is 3.88. The zero-order chi connectivity index (χ0) is 16.9. The number of rotatable bonds is 4. The van der Waals surface area contributed by atoms with Crippen molar-refractivity contribution in [2.45, 2.75) is 38.6 Å². The number of carbonyl (C=O) groups is 1. The molecule has 0 spiro atoms. The fourth-order valence-electron chi connectivity index (χ4n) is 2.95. The summed E-state index contributed by atoms with van der Waals surface area (Å²) in [6.07, 6.45) is 5.04. The van der Waals surface area contributed by atoms with Crippen LogP contribution >= 0.6 is 0 Å². The van der Waals surface area contributed by atoms with Crippen molar-refractivity contribution in [3.8, 4) is 0 Å². The van der Waals surface area contributed by atoms with Crippen molar-refractivity contribution in [3.05, 3.63) is 65.5 Å². The van der Waals surface area contributed by atoms with Crippen molar-refractivity contribution >= 4 is 11.7 Å². The molecule has 4 nitrogen and oxygen atoms in total. The van der Waals surface area contributed by atoms with Crippen LogP contribution in [0.2, 0.25) is 0 Å². The second-order valence-electron chi connectivity index (χ2n) is 6.23. The van der Waals surface area contributed by atoms with Gasteiger partial charge in [-0.3, -0.25) is 9.78 Å². The summed E-state index contributed by atoms with van der Waals surface area (Å²) in [4.78, 5) is 20.8. The van der Waals surface area contributed by atoms with E-state index in [1.807, 2.05) is 30.5 Å². The molecule has 1 aliphatic heterocycles. The maximum Gasteiger partial charge on any atom is 0.184 e. The standard InChI is InChI=1S/C20H22N2O2/c1-14(16-6-4-3-5-7-16)13-24-19-9-8-17-12-21-11-10-18(17)20(22-19)15(2)23/h3-7,10-12,14,20H,8-9,13H2,1-2H3. The third kappa shape index (κ3) is 3.70. The van der Waals surface area contributed by atoms with Crippen LogP contribution in [0.1, 0.15) is 48.9 Å². The van der Waals surface area contributed by atoms with Gasteiger partial charge in [0.15, 0.2) is 11.7 Å². The lowest BCUT2D eigenvalue weighted by atomic mass is 9.99. The lowest BCUT2D eigenvalue weighted by Crippen LogP contribution is -2.13. The molecule has 0 amide bonds. The molecule has 124 valence electrons. The summed E-state index contributed by atoms with van der Waals surface area (Å²) < 4.78 is 5.97. The number of carbonyl (C=O) groups excluding carboxylic acids is 1. The molecule has 0 saturated carbocycles. The summed E-state index contributed by atoms with van der Waals surface area (Å²) in [6.45, 7) is 4.27. The van der Waals surface area contributed by atoms with E-state index >= 15 is 0 Å². The fraction of sp³-hybridized carbons (Fsp3) is 0.350. The molecule has 2 heterocycles. The van der Waals surface area contributed by atoms with Crippen LogP contribution in [-0.2, 0) is 16.0 Å². The summed E-state index contributed by atoms with van der Waals surface area (Å²) in [5.74, 6) is 0.965. The number of ketones is 1. The monoisotopic (exact) mass is 322 g/mol. The van der Waals surface area contributed by atoms with E-state index in [9.17, 15) is 4.79 Å². The van der Waals surface area contributed by atoms with Gasteiger partial charge < -0.3 is 4.74 Å². The Morgan fingerprint density at radius 1 is 1.25 bits per heavy atom. The van der Waals surface area contributed by atoms with E-state index in [2.05, 4.69) is 29.0 Å². The topological polar surface area (TPSA) is 51.5 Å². The molecule has 24 heavy (non-hydrogen) atoms. The Morgan fingerprint density at radius 2 is 2.04 bits per heavy atom. The van der Waals surface area contributed by atoms with Crippen LogP contribution in [0.5, 0.6) is 0 Å². The Labute approximate surface area is 142 Å². The molecule has 0 N–H and O–H groups in total. The Kier molecular flexibility index (Phi) is 5.04. The zero-order valence-corrected chi connectivity index (χ0v) is 14.1. The van der Waals surface area contributed by atoms with E-state index in [1.54, 1.807) is 13.1 Å². The number of Topliss-reactive ketones (excluding diaryl/α,β-unsaturated/α-hetero) is 1. The van der Waals surface area contributed by atoms with Gasteiger partial charge in [0.2, 0.25) is 0 Å². The first-order chi connectivity index (χ1) is 11.6. The highest BCUT2D eigenvalue weighted by Crippen LogP contribution is 2.27. The smallest absolute Gasteiger partial charge is 0.184 e. The highest BCUT2D eigenvalue weighted by Gasteiger charge is 2.24. The fourth-order valence-corrected chi connectivity index (χ4v) is 2.95. The van der Waals surface area contributed by atoms with Crippen LogP contribution in [0.25, 0.3) is 0 Å². The zero-order valence-electron chi connectivity index (χ0n) is 14.1. The molecule has 1 aromatic heterocycles. The van der Waals surface area contributed by atoms with E-state index < -0.39 is 6.04 Å². The third-order valence-corrected chi connectivity index (χ3v) is 4.37. The molecule has 1 aliphatic rings. The van der Waals surface area contributed by atoms with E-state index in [-0.39, 0.29) is 11.7 Å². The molecule has 1 aromatic carbocycles. The molecular weight excluding hydrogens is 300 g/mol. The summed E-state index contributed by atoms with van der Waals surface area (Å²) in [5.41, 5.74) is 3.27. The molecule has 0 aliphatic carbocycles. The van der Waals surface area contributed by atoms with E-state index in [0.29, 0.717) is 18.9 Å². The normalized spacial score (nSPS) is 18.1. The summed E-state index contributed by atoms with van der Waals surface area (Å²) in [7, 11) is 0. The number of nitrogens with zero attached hydrogens (tertiary/aromatic N) is 2. The van der Waals surface area contributed by atoms with Gasteiger partial charge >= 0.3 is 0 Å². The van der Waals surface area contributed by atoms with Gasteiger partial charge in [0, 0.05) is 24.7 Å². The average Bonchev–Trinajstić information content (AvgIpc) is 2.80. The predicted molar refractivity (Wildman–Crippen MR) is 94.2 cm³/mol. The Morgan fingerprint density at radius 3 is 2.79 bits per heavy atom. The van der Waals surface area contributed by atoms with Gasteiger partial charge in [0.05, 0.1) is 6.61 Å². The number of ether oxygens (including phenoxy) is 1. The Hall–Kier alpha value is -2.49. The molecule has 2 aromatic rings. The van der Waals surface area contributed by atoms with Crippen LogP contribution in [0, 0.1) is 0 Å². The minimum atomic E-state index is -0.479. The van der Waals surface area contributed by atoms with Crippen LogP contribution in [0.15, 0.2) is 53.8 Å². The Bertz CT molecular complexity index is 740. The second kappa shape index (κ2) is 7.39. The van der Waals surface area contributed by atoms with Crippen LogP contribution in [-0.4, -0.2) is 23.3 Å². The lowest BCUT2D eigenvalue weighted by Gasteiger charge is -2.15. The number of benzene rings is 1.